The highest BCUT2D eigenvalue weighted by molar-refractivity contribution is 6.19. The van der Waals surface area contributed by atoms with Crippen LogP contribution in [0.5, 0.6) is 0 Å². The molecule has 3 N–H and O–H groups in total. The molecule has 0 aliphatic carbocycles. The smallest absolute Gasteiger partial charge is 0.305 e. The lowest BCUT2D eigenvalue weighted by molar-refractivity contribution is -0.138. The molecule has 0 saturated carbocycles. The summed E-state index contributed by atoms with van der Waals surface area (Å²) in [5.41, 5.74) is 3.15. The number of alkyl halides is 1. The maximum Gasteiger partial charge on any atom is 0.305 e. The fraction of sp³-hybridized carbons (Fsp3) is 0.500. The molecule has 2 aliphatic rings. The van der Waals surface area contributed by atoms with E-state index in [2.05, 4.69) is 10.6 Å². The van der Waals surface area contributed by atoms with Gasteiger partial charge in [0.15, 0.2) is 11.6 Å². The van der Waals surface area contributed by atoms with Gasteiger partial charge in [-0.25, -0.2) is 13.2 Å². The summed E-state index contributed by atoms with van der Waals surface area (Å²) in [7, 11) is 0. The third-order valence-corrected chi connectivity index (χ3v) is 8.83. The van der Waals surface area contributed by atoms with Crippen LogP contribution in [0.25, 0.3) is 11.1 Å². The summed E-state index contributed by atoms with van der Waals surface area (Å²) in [5, 5.41) is 14.9. The maximum atomic E-state index is 15.4. The van der Waals surface area contributed by atoms with Crippen molar-refractivity contribution in [3.05, 3.63) is 69.8 Å². The first-order valence-corrected chi connectivity index (χ1v) is 16.4. The molecule has 3 amide bonds. The predicted octanol–water partition coefficient (Wildman–Crippen LogP) is 4.92. The zero-order chi connectivity index (χ0) is 35.3. The highest BCUT2D eigenvalue weighted by Gasteiger charge is 2.33. The molecule has 4 rings (SSSR count). The first-order valence-electron chi connectivity index (χ1n) is 16.4. The number of nitrogens with zero attached hydrogens (tertiary/aromatic N) is 2. The van der Waals surface area contributed by atoms with Gasteiger partial charge in [0.1, 0.15) is 17.8 Å². The Balaban J connectivity index is 1.55. The van der Waals surface area contributed by atoms with Crippen molar-refractivity contribution >= 4 is 23.7 Å². The average Bonchev–Trinajstić information content (AvgIpc) is 3.41. The third kappa shape index (κ3) is 9.03. The Bertz CT molecular complexity index is 1570. The molecule has 1 unspecified atom stereocenters. The van der Waals surface area contributed by atoms with Crippen LogP contribution in [0.4, 0.5) is 13.2 Å². The van der Waals surface area contributed by atoms with E-state index in [1.54, 1.807) is 0 Å². The molecule has 1 fully saturated rings. The van der Waals surface area contributed by atoms with Gasteiger partial charge in [0.25, 0.3) is 11.8 Å². The number of rotatable bonds is 13. The Labute approximate surface area is 279 Å². The van der Waals surface area contributed by atoms with Crippen molar-refractivity contribution in [2.45, 2.75) is 78.6 Å². The number of benzene rings is 2. The van der Waals surface area contributed by atoms with Gasteiger partial charge in [-0.3, -0.25) is 24.1 Å². The van der Waals surface area contributed by atoms with E-state index >= 15 is 8.78 Å². The third-order valence-electron chi connectivity index (χ3n) is 8.83. The minimum Gasteiger partial charge on any atom is -0.481 e. The van der Waals surface area contributed by atoms with Crippen LogP contribution < -0.4 is 10.6 Å². The fourth-order valence-corrected chi connectivity index (χ4v) is 6.65. The standard InChI is InChI=1S/C36H45F3N4O5/c1-20(2)13-30(41-34(46)26-7-6-9-43(36(26)48)12-11-42-10-8-25(37)19-42)35(47)40-29(18-31(44)45)27-16-24(17-28(38)33(27)39)32-22(4)14-21(3)15-23(32)5/h7,14-17,20,25,29-30H,6,8-13,18-19H2,1-5H3,(H,40,47)(H,41,46)(H,44,45)/t25-,29+,30?/m1/s1. The van der Waals surface area contributed by atoms with Crippen LogP contribution >= 0.6 is 0 Å². The molecule has 2 aliphatic heterocycles. The summed E-state index contributed by atoms with van der Waals surface area (Å²) in [6, 6.07) is 3.52. The maximum absolute atomic E-state index is 15.4. The highest BCUT2D eigenvalue weighted by atomic mass is 19.2. The quantitative estimate of drug-likeness (QED) is 0.261. The summed E-state index contributed by atoms with van der Waals surface area (Å²) in [5.74, 6) is -6.02. The lowest BCUT2D eigenvalue weighted by Gasteiger charge is -2.29. The summed E-state index contributed by atoms with van der Waals surface area (Å²) >= 11 is 0. The van der Waals surface area contributed by atoms with E-state index in [9.17, 15) is 28.7 Å². The van der Waals surface area contributed by atoms with Gasteiger partial charge < -0.3 is 20.6 Å². The number of carbonyl (C=O) groups is 4. The number of carboxylic acid groups (broad SMARTS) is 1. The second-order valence-corrected chi connectivity index (χ2v) is 13.3. The molecule has 12 heteroatoms. The van der Waals surface area contributed by atoms with Gasteiger partial charge >= 0.3 is 5.97 Å². The number of aryl methyl sites for hydroxylation is 3. The molecule has 3 atom stereocenters. The van der Waals surface area contributed by atoms with Crippen LogP contribution in [0.3, 0.4) is 0 Å². The second kappa shape index (κ2) is 15.8. The van der Waals surface area contributed by atoms with Crippen molar-refractivity contribution in [1.29, 1.82) is 0 Å². The summed E-state index contributed by atoms with van der Waals surface area (Å²) in [6.45, 7) is 11.4. The number of hydrogen-bond donors (Lipinski definition) is 3. The molecular weight excluding hydrogens is 625 g/mol. The number of carbonyl (C=O) groups excluding carboxylic acids is 3. The van der Waals surface area contributed by atoms with Crippen LogP contribution in [0, 0.1) is 38.3 Å². The first-order chi connectivity index (χ1) is 22.6. The summed E-state index contributed by atoms with van der Waals surface area (Å²) in [6.07, 6.45) is 0.872. The topological polar surface area (TPSA) is 119 Å². The SMILES string of the molecule is Cc1cc(C)c(-c2cc(F)c(F)c([C@H](CC(=O)O)NC(=O)C(CC(C)C)NC(=O)C3=CCCN(CCN4CC[C@@H](F)C4)C3=O)c2)c(C)c1. The molecule has 0 aromatic heterocycles. The van der Waals surface area contributed by atoms with E-state index in [0.717, 1.165) is 22.8 Å². The second-order valence-electron chi connectivity index (χ2n) is 13.3. The average molecular weight is 671 g/mol. The van der Waals surface area contributed by atoms with E-state index in [1.807, 2.05) is 51.7 Å². The lowest BCUT2D eigenvalue weighted by atomic mass is 9.90. The molecular formula is C36H45F3N4O5. The number of amides is 3. The number of likely N-dealkylation sites (tertiary alicyclic amines) is 1. The van der Waals surface area contributed by atoms with Gasteiger partial charge in [0.05, 0.1) is 12.5 Å². The Hall–Kier alpha value is -4.19. The predicted molar refractivity (Wildman–Crippen MR) is 176 cm³/mol. The Kier molecular flexibility index (Phi) is 12.1. The first kappa shape index (κ1) is 36.6. The minimum absolute atomic E-state index is 0.115. The van der Waals surface area contributed by atoms with Crippen LogP contribution in [0.1, 0.15) is 67.8 Å². The molecule has 0 radical (unpaired) electrons. The van der Waals surface area contributed by atoms with E-state index in [1.165, 1.54) is 17.0 Å². The molecule has 2 aromatic carbocycles. The van der Waals surface area contributed by atoms with Crippen LogP contribution in [-0.4, -0.2) is 83.5 Å². The summed E-state index contributed by atoms with van der Waals surface area (Å²) < 4.78 is 44.0. The van der Waals surface area contributed by atoms with Crippen LogP contribution in [0.2, 0.25) is 0 Å². The van der Waals surface area contributed by atoms with Gasteiger partial charge in [-0.05, 0) is 80.3 Å². The van der Waals surface area contributed by atoms with E-state index in [0.29, 0.717) is 56.7 Å². The number of carboxylic acids is 1. The van der Waals surface area contributed by atoms with Gasteiger partial charge in [-0.15, -0.1) is 0 Å². The lowest BCUT2D eigenvalue weighted by Crippen LogP contribution is -2.51. The Morgan fingerprint density at radius 3 is 2.29 bits per heavy atom. The number of aliphatic carboxylic acids is 1. The zero-order valence-electron chi connectivity index (χ0n) is 28.2. The largest absolute Gasteiger partial charge is 0.481 e. The Morgan fingerprint density at radius 2 is 1.69 bits per heavy atom. The van der Waals surface area contributed by atoms with Crippen molar-refractivity contribution < 1.29 is 37.5 Å². The molecule has 0 spiro atoms. The van der Waals surface area contributed by atoms with Crippen molar-refractivity contribution in [1.82, 2.24) is 20.4 Å². The van der Waals surface area contributed by atoms with Crippen molar-refractivity contribution in [3.8, 4) is 11.1 Å². The number of hydrogen-bond acceptors (Lipinski definition) is 5. The molecule has 9 nitrogen and oxygen atoms in total. The van der Waals surface area contributed by atoms with Crippen LogP contribution in [-0.2, 0) is 19.2 Å². The normalized spacial score (nSPS) is 18.1. The Morgan fingerprint density at radius 1 is 1.00 bits per heavy atom. The zero-order valence-corrected chi connectivity index (χ0v) is 28.2. The highest BCUT2D eigenvalue weighted by Crippen LogP contribution is 2.33. The molecule has 2 heterocycles. The number of halogens is 3. The molecule has 0 bridgehead atoms. The number of nitrogens with one attached hydrogen (secondary N) is 2. The fourth-order valence-electron chi connectivity index (χ4n) is 6.65. The van der Waals surface area contributed by atoms with E-state index < -0.39 is 60.0 Å². The van der Waals surface area contributed by atoms with Gasteiger partial charge in [0, 0.05) is 38.3 Å². The molecule has 260 valence electrons. The molecule has 2 aromatic rings. The molecule has 48 heavy (non-hydrogen) atoms. The van der Waals surface area contributed by atoms with E-state index in [-0.39, 0.29) is 23.5 Å². The summed E-state index contributed by atoms with van der Waals surface area (Å²) in [4.78, 5) is 55.7. The van der Waals surface area contributed by atoms with Gasteiger partial charge in [-0.1, -0.05) is 37.6 Å². The van der Waals surface area contributed by atoms with Crippen LogP contribution in [0.15, 0.2) is 35.9 Å². The molecule has 1 saturated heterocycles. The minimum atomic E-state index is -1.47. The van der Waals surface area contributed by atoms with Gasteiger partial charge in [-0.2, -0.15) is 0 Å². The van der Waals surface area contributed by atoms with E-state index in [4.69, 9.17) is 0 Å². The monoisotopic (exact) mass is 670 g/mol. The van der Waals surface area contributed by atoms with Crippen molar-refractivity contribution in [2.75, 3.05) is 32.7 Å². The van der Waals surface area contributed by atoms with Crippen molar-refractivity contribution in [3.63, 3.8) is 0 Å². The van der Waals surface area contributed by atoms with Gasteiger partial charge in [0.2, 0.25) is 5.91 Å². The van der Waals surface area contributed by atoms with Crippen molar-refractivity contribution in [2.24, 2.45) is 5.92 Å².